The minimum absolute atomic E-state index is 0.135. The minimum atomic E-state index is -1.14. The van der Waals surface area contributed by atoms with Gasteiger partial charge in [0.25, 0.3) is 5.91 Å². The van der Waals surface area contributed by atoms with Crippen LogP contribution in [0.3, 0.4) is 0 Å². The maximum atomic E-state index is 13.9. The number of rotatable bonds is 10. The smallest absolute Gasteiger partial charge is 0.307 e. The van der Waals surface area contributed by atoms with Crippen LogP contribution < -0.4 is 5.73 Å². The van der Waals surface area contributed by atoms with Gasteiger partial charge in [0.05, 0.1) is 18.4 Å². The summed E-state index contributed by atoms with van der Waals surface area (Å²) in [6.07, 6.45) is 3.02. The molecule has 0 aromatic carbocycles. The molecule has 8 nitrogen and oxygen atoms in total. The molecule has 0 aromatic rings. The van der Waals surface area contributed by atoms with Gasteiger partial charge in [0.15, 0.2) is 5.78 Å². The summed E-state index contributed by atoms with van der Waals surface area (Å²) in [7, 11) is 0. The van der Waals surface area contributed by atoms with Crippen LogP contribution in [-0.4, -0.2) is 56.8 Å². The first-order valence-corrected chi connectivity index (χ1v) is 13.9. The largest absolute Gasteiger partial charge is 0.460 e. The topological polar surface area (TPSA) is 124 Å². The standard InChI is InChI=1S/C27H40Cl2N2O6/c1-25(2,3)16(12-19(33)37-26(4,5)6)24(36)31-13-17-20(27(17,28)29)21(31)18(32)11-15(22(34)23(30)35)10-14-8-7-9-14/h14-17,20-21H,7-13H2,1-6H3,(H2,30,35)/t15?,16-,17?,20?,21-/m1/s1. The van der Waals surface area contributed by atoms with Gasteiger partial charge in [0, 0.05) is 30.7 Å². The van der Waals surface area contributed by atoms with Crippen molar-refractivity contribution in [3.8, 4) is 0 Å². The summed E-state index contributed by atoms with van der Waals surface area (Å²) in [5.74, 6) is -5.06. The first kappa shape index (κ1) is 29.9. The molecule has 3 unspecified atom stereocenters. The number of primary amides is 1. The van der Waals surface area contributed by atoms with Gasteiger partial charge in [-0.25, -0.2) is 0 Å². The molecule has 3 fully saturated rings. The molecular formula is C27H40Cl2N2O6. The Morgan fingerprint density at radius 3 is 2.08 bits per heavy atom. The highest BCUT2D eigenvalue weighted by atomic mass is 35.5. The van der Waals surface area contributed by atoms with Gasteiger partial charge in [-0.15, -0.1) is 23.2 Å². The van der Waals surface area contributed by atoms with Crippen LogP contribution in [0, 0.1) is 35.0 Å². The van der Waals surface area contributed by atoms with E-state index in [0.717, 1.165) is 19.3 Å². The van der Waals surface area contributed by atoms with Crippen molar-refractivity contribution in [2.45, 2.75) is 96.0 Å². The molecule has 1 saturated heterocycles. The van der Waals surface area contributed by atoms with Crippen molar-refractivity contribution >= 4 is 52.6 Å². The Morgan fingerprint density at radius 1 is 1.03 bits per heavy atom. The Bertz CT molecular complexity index is 963. The highest BCUT2D eigenvalue weighted by Crippen LogP contribution is 2.66. The number of Topliss-reactive ketones (excluding diaryl/α,β-unsaturated/α-hetero) is 2. The van der Waals surface area contributed by atoms with Crippen LogP contribution in [0.4, 0.5) is 0 Å². The van der Waals surface area contributed by atoms with Crippen molar-refractivity contribution in [2.24, 2.45) is 40.7 Å². The van der Waals surface area contributed by atoms with Crippen molar-refractivity contribution in [2.75, 3.05) is 6.54 Å². The molecule has 208 valence electrons. The lowest BCUT2D eigenvalue weighted by Crippen LogP contribution is -2.51. The molecule has 2 amide bonds. The summed E-state index contributed by atoms with van der Waals surface area (Å²) in [5, 5.41) is 0. The van der Waals surface area contributed by atoms with E-state index < -0.39 is 56.8 Å². The monoisotopic (exact) mass is 558 g/mol. The maximum Gasteiger partial charge on any atom is 0.307 e. The van der Waals surface area contributed by atoms with Crippen molar-refractivity contribution in [3.05, 3.63) is 0 Å². The number of nitrogens with two attached hydrogens (primary N) is 1. The summed E-state index contributed by atoms with van der Waals surface area (Å²) in [6, 6.07) is -0.930. The summed E-state index contributed by atoms with van der Waals surface area (Å²) in [6.45, 7) is 11.1. The number of amides is 2. The zero-order chi connectivity index (χ0) is 28.1. The van der Waals surface area contributed by atoms with Gasteiger partial charge in [-0.05, 0) is 38.5 Å². The first-order chi connectivity index (χ1) is 16.8. The van der Waals surface area contributed by atoms with Crippen molar-refractivity contribution in [1.29, 1.82) is 0 Å². The van der Waals surface area contributed by atoms with Crippen molar-refractivity contribution < 1.29 is 28.7 Å². The predicted octanol–water partition coefficient (Wildman–Crippen LogP) is 3.83. The number of alkyl halides is 2. The Labute approximate surface area is 229 Å². The summed E-state index contributed by atoms with van der Waals surface area (Å²) in [5.41, 5.74) is 3.99. The molecule has 0 aromatic heterocycles. The lowest BCUT2D eigenvalue weighted by atomic mass is 9.75. The van der Waals surface area contributed by atoms with Crippen molar-refractivity contribution in [1.82, 2.24) is 4.90 Å². The van der Waals surface area contributed by atoms with Gasteiger partial charge in [-0.3, -0.25) is 24.0 Å². The summed E-state index contributed by atoms with van der Waals surface area (Å²) in [4.78, 5) is 66.0. The number of halogens is 2. The van der Waals surface area contributed by atoms with Crippen molar-refractivity contribution in [3.63, 3.8) is 0 Å². The van der Waals surface area contributed by atoms with E-state index in [1.165, 1.54) is 4.90 Å². The Morgan fingerprint density at radius 2 is 1.62 bits per heavy atom. The molecule has 2 aliphatic carbocycles. The average Bonchev–Trinajstić information content (AvgIpc) is 3.06. The van der Waals surface area contributed by atoms with E-state index in [9.17, 15) is 24.0 Å². The number of ether oxygens (including phenoxy) is 1. The molecule has 0 radical (unpaired) electrons. The third-order valence-corrected chi connectivity index (χ3v) is 9.05. The highest BCUT2D eigenvalue weighted by Gasteiger charge is 2.73. The van der Waals surface area contributed by atoms with E-state index in [0.29, 0.717) is 6.42 Å². The van der Waals surface area contributed by atoms with Crippen LogP contribution >= 0.6 is 23.2 Å². The SMILES string of the molecule is CC(C)(C)OC(=O)C[C@H](C(=O)N1CC2C([C@H]1C(=O)CC(CC1CCC1)C(=O)C(N)=O)C2(Cl)Cl)C(C)(C)C. The van der Waals surface area contributed by atoms with Crippen LogP contribution in [-0.2, 0) is 28.7 Å². The molecular weight excluding hydrogens is 519 g/mol. The molecule has 3 aliphatic rings. The van der Waals surface area contributed by atoms with Gasteiger partial charge in [0.1, 0.15) is 9.93 Å². The number of nitrogens with zero attached hydrogens (tertiary/aromatic N) is 1. The third kappa shape index (κ3) is 6.67. The Balaban J connectivity index is 1.83. The molecule has 5 atom stereocenters. The Kier molecular flexibility index (Phi) is 8.46. The first-order valence-electron chi connectivity index (χ1n) is 13.1. The van der Waals surface area contributed by atoms with E-state index >= 15 is 0 Å². The van der Waals surface area contributed by atoms with Gasteiger partial charge < -0.3 is 15.4 Å². The van der Waals surface area contributed by atoms with Gasteiger partial charge in [-0.2, -0.15) is 0 Å². The van der Waals surface area contributed by atoms with E-state index in [-0.39, 0.29) is 42.9 Å². The molecule has 10 heteroatoms. The average molecular weight is 560 g/mol. The molecule has 2 saturated carbocycles. The molecule has 2 N–H and O–H groups in total. The lowest BCUT2D eigenvalue weighted by Gasteiger charge is -2.37. The summed E-state index contributed by atoms with van der Waals surface area (Å²) >= 11 is 12.9. The minimum Gasteiger partial charge on any atom is -0.460 e. The second-order valence-corrected chi connectivity index (χ2v) is 14.5. The van der Waals surface area contributed by atoms with Crippen LogP contribution in [0.5, 0.6) is 0 Å². The fourth-order valence-corrected chi connectivity index (χ4v) is 6.52. The van der Waals surface area contributed by atoms with Crippen LogP contribution in [0.15, 0.2) is 0 Å². The number of hydrogen-bond acceptors (Lipinski definition) is 6. The zero-order valence-electron chi connectivity index (χ0n) is 22.6. The summed E-state index contributed by atoms with van der Waals surface area (Å²) < 4.78 is 4.33. The van der Waals surface area contributed by atoms with Crippen LogP contribution in [0.1, 0.15) is 80.1 Å². The molecule has 1 heterocycles. The lowest BCUT2D eigenvalue weighted by molar-refractivity contribution is -0.161. The number of likely N-dealkylation sites (tertiary alicyclic amines) is 1. The second-order valence-electron chi connectivity index (χ2n) is 13.1. The normalized spacial score (nSPS) is 26.5. The predicted molar refractivity (Wildman–Crippen MR) is 140 cm³/mol. The molecule has 1 aliphatic heterocycles. The molecule has 0 spiro atoms. The third-order valence-electron chi connectivity index (χ3n) is 7.98. The highest BCUT2D eigenvalue weighted by molar-refractivity contribution is 6.51. The number of ketones is 2. The van der Waals surface area contributed by atoms with Gasteiger partial charge >= 0.3 is 5.97 Å². The quantitative estimate of drug-likeness (QED) is 0.247. The van der Waals surface area contributed by atoms with Gasteiger partial charge in [0.2, 0.25) is 11.7 Å². The number of piperidine rings is 1. The number of fused-ring (bicyclic) bond motifs is 1. The van der Waals surface area contributed by atoms with Crippen LogP contribution in [0.2, 0.25) is 0 Å². The van der Waals surface area contributed by atoms with E-state index in [1.807, 2.05) is 20.8 Å². The zero-order valence-corrected chi connectivity index (χ0v) is 24.2. The van der Waals surface area contributed by atoms with Gasteiger partial charge in [-0.1, -0.05) is 40.0 Å². The van der Waals surface area contributed by atoms with E-state index in [2.05, 4.69) is 0 Å². The fourth-order valence-electron chi connectivity index (χ4n) is 5.70. The molecule has 3 rings (SSSR count). The fraction of sp³-hybridized carbons (Fsp3) is 0.815. The molecule has 0 bridgehead atoms. The number of esters is 1. The number of carbonyl (C=O) groups is 5. The second kappa shape index (κ2) is 10.5. The Hall–Kier alpha value is -1.67. The number of hydrogen-bond donors (Lipinski definition) is 1. The maximum absolute atomic E-state index is 13.9. The van der Waals surface area contributed by atoms with Crippen LogP contribution in [0.25, 0.3) is 0 Å². The number of carbonyl (C=O) groups excluding carboxylic acids is 5. The van der Waals surface area contributed by atoms with E-state index in [1.54, 1.807) is 20.8 Å². The van der Waals surface area contributed by atoms with E-state index in [4.69, 9.17) is 33.7 Å². The molecule has 37 heavy (non-hydrogen) atoms.